The minimum atomic E-state index is -0.439. The highest BCUT2D eigenvalue weighted by atomic mass is 79.9. The zero-order valence-corrected chi connectivity index (χ0v) is 14.0. The lowest BCUT2D eigenvalue weighted by atomic mass is 10.1. The predicted octanol–water partition coefficient (Wildman–Crippen LogP) is 2.97. The number of aromatic nitrogens is 1. The van der Waals surface area contributed by atoms with Crippen molar-refractivity contribution < 1.29 is 9.59 Å². The first-order valence-electron chi connectivity index (χ1n) is 7.39. The summed E-state index contributed by atoms with van der Waals surface area (Å²) in [6.07, 6.45) is 2.53. The molecular formula is C17H16BrN3O2. The minimum Gasteiger partial charge on any atom is -0.326 e. The molecule has 0 radical (unpaired) electrons. The summed E-state index contributed by atoms with van der Waals surface area (Å²) in [6.45, 7) is 0.455. The van der Waals surface area contributed by atoms with Crippen LogP contribution in [0.1, 0.15) is 18.4 Å². The van der Waals surface area contributed by atoms with Crippen molar-refractivity contribution in [2.45, 2.75) is 25.4 Å². The molecule has 1 aromatic carbocycles. The van der Waals surface area contributed by atoms with E-state index < -0.39 is 6.04 Å². The van der Waals surface area contributed by atoms with Gasteiger partial charge < -0.3 is 10.2 Å². The smallest absolute Gasteiger partial charge is 0.247 e. The summed E-state index contributed by atoms with van der Waals surface area (Å²) in [5.74, 6) is -0.154. The fourth-order valence-corrected chi connectivity index (χ4v) is 2.89. The molecule has 23 heavy (non-hydrogen) atoms. The van der Waals surface area contributed by atoms with E-state index in [0.29, 0.717) is 29.7 Å². The number of nitrogens with zero attached hydrogens (tertiary/aromatic N) is 2. The third-order valence-corrected chi connectivity index (χ3v) is 4.29. The molecule has 1 fully saturated rings. The van der Waals surface area contributed by atoms with Crippen molar-refractivity contribution in [3.63, 3.8) is 0 Å². The van der Waals surface area contributed by atoms with Gasteiger partial charge in [-0.3, -0.25) is 9.59 Å². The fraction of sp³-hybridized carbons (Fsp3) is 0.235. The number of hydrogen-bond donors (Lipinski definition) is 1. The summed E-state index contributed by atoms with van der Waals surface area (Å²) in [7, 11) is 0. The molecule has 0 spiro atoms. The summed E-state index contributed by atoms with van der Waals surface area (Å²) in [5.41, 5.74) is 1.64. The molecule has 1 unspecified atom stereocenters. The monoisotopic (exact) mass is 373 g/mol. The number of hydrogen-bond acceptors (Lipinski definition) is 3. The molecule has 1 N–H and O–H groups in total. The number of halogens is 1. The number of carbonyl (C=O) groups is 2. The quantitative estimate of drug-likeness (QED) is 0.837. The van der Waals surface area contributed by atoms with Crippen LogP contribution in [-0.2, 0) is 16.1 Å². The lowest BCUT2D eigenvalue weighted by Crippen LogP contribution is -2.41. The number of pyridine rings is 1. The third-order valence-electron chi connectivity index (χ3n) is 3.82. The Kier molecular flexibility index (Phi) is 4.71. The van der Waals surface area contributed by atoms with E-state index in [9.17, 15) is 9.59 Å². The summed E-state index contributed by atoms with van der Waals surface area (Å²) in [4.78, 5) is 30.4. The van der Waals surface area contributed by atoms with E-state index in [0.717, 1.165) is 5.56 Å². The second kappa shape index (κ2) is 6.91. The Hall–Kier alpha value is -2.21. The maximum Gasteiger partial charge on any atom is 0.247 e. The molecule has 2 heterocycles. The average Bonchev–Trinajstić information content (AvgIpc) is 2.92. The van der Waals surface area contributed by atoms with E-state index in [-0.39, 0.29) is 11.8 Å². The van der Waals surface area contributed by atoms with Crippen LogP contribution < -0.4 is 5.32 Å². The highest BCUT2D eigenvalue weighted by molar-refractivity contribution is 9.10. The minimum absolute atomic E-state index is 0.0166. The Morgan fingerprint density at radius 2 is 2.04 bits per heavy atom. The van der Waals surface area contributed by atoms with E-state index in [1.165, 1.54) is 0 Å². The van der Waals surface area contributed by atoms with Crippen LogP contribution in [0.25, 0.3) is 0 Å². The summed E-state index contributed by atoms with van der Waals surface area (Å²) in [5, 5.41) is 2.83. The summed E-state index contributed by atoms with van der Waals surface area (Å²) < 4.78 is 0.706. The first-order valence-corrected chi connectivity index (χ1v) is 8.18. The highest BCUT2D eigenvalue weighted by Gasteiger charge is 2.35. The van der Waals surface area contributed by atoms with Gasteiger partial charge in [0, 0.05) is 13.0 Å². The zero-order valence-electron chi connectivity index (χ0n) is 12.4. The first-order chi connectivity index (χ1) is 11.1. The van der Waals surface area contributed by atoms with Gasteiger partial charge in [0.25, 0.3) is 0 Å². The first kappa shape index (κ1) is 15.7. The van der Waals surface area contributed by atoms with E-state index in [1.807, 2.05) is 30.3 Å². The van der Waals surface area contributed by atoms with Crippen molar-refractivity contribution in [1.29, 1.82) is 0 Å². The van der Waals surface area contributed by atoms with Gasteiger partial charge in [0.1, 0.15) is 10.6 Å². The number of rotatable bonds is 4. The molecular weight excluding hydrogens is 358 g/mol. The van der Waals surface area contributed by atoms with Crippen LogP contribution in [0.4, 0.5) is 5.69 Å². The number of amides is 2. The summed E-state index contributed by atoms with van der Waals surface area (Å²) in [6, 6.07) is 12.8. The van der Waals surface area contributed by atoms with E-state index in [4.69, 9.17) is 0 Å². The Bertz CT molecular complexity index is 704. The van der Waals surface area contributed by atoms with Crippen molar-refractivity contribution in [2.75, 3.05) is 5.32 Å². The topological polar surface area (TPSA) is 62.3 Å². The second-order valence-corrected chi connectivity index (χ2v) is 6.23. The molecule has 1 aromatic heterocycles. The molecule has 118 valence electrons. The number of anilines is 1. The van der Waals surface area contributed by atoms with Gasteiger partial charge in [-0.05, 0) is 40.0 Å². The van der Waals surface area contributed by atoms with E-state index >= 15 is 0 Å². The maximum absolute atomic E-state index is 12.5. The molecule has 0 saturated carbocycles. The van der Waals surface area contributed by atoms with E-state index in [1.54, 1.807) is 23.2 Å². The van der Waals surface area contributed by atoms with Gasteiger partial charge in [-0.25, -0.2) is 4.98 Å². The van der Waals surface area contributed by atoms with Gasteiger partial charge in [-0.2, -0.15) is 0 Å². The van der Waals surface area contributed by atoms with Gasteiger partial charge in [-0.15, -0.1) is 0 Å². The molecule has 1 aliphatic rings. The van der Waals surface area contributed by atoms with Gasteiger partial charge in [0.15, 0.2) is 0 Å². The van der Waals surface area contributed by atoms with Gasteiger partial charge in [-0.1, -0.05) is 30.3 Å². The van der Waals surface area contributed by atoms with Gasteiger partial charge >= 0.3 is 0 Å². The van der Waals surface area contributed by atoms with Crippen molar-refractivity contribution in [2.24, 2.45) is 0 Å². The Balaban J connectivity index is 1.71. The Labute approximate surface area is 142 Å². The summed E-state index contributed by atoms with van der Waals surface area (Å²) >= 11 is 3.26. The average molecular weight is 374 g/mol. The Morgan fingerprint density at radius 3 is 2.74 bits per heavy atom. The molecule has 1 saturated heterocycles. The van der Waals surface area contributed by atoms with Crippen molar-refractivity contribution in [1.82, 2.24) is 9.88 Å². The van der Waals surface area contributed by atoms with Gasteiger partial charge in [0.2, 0.25) is 11.8 Å². The number of nitrogens with one attached hydrogen (secondary N) is 1. The van der Waals surface area contributed by atoms with Gasteiger partial charge in [0.05, 0.1) is 11.9 Å². The molecule has 0 bridgehead atoms. The molecule has 1 atom stereocenters. The van der Waals surface area contributed by atoms with Crippen molar-refractivity contribution >= 4 is 33.4 Å². The normalized spacial score (nSPS) is 17.3. The van der Waals surface area contributed by atoms with E-state index in [2.05, 4.69) is 26.2 Å². The van der Waals surface area contributed by atoms with Crippen LogP contribution >= 0.6 is 15.9 Å². The molecule has 3 rings (SSSR count). The van der Waals surface area contributed by atoms with Crippen LogP contribution in [0, 0.1) is 0 Å². The molecule has 0 aliphatic carbocycles. The van der Waals surface area contributed by atoms with Crippen LogP contribution in [0.3, 0.4) is 0 Å². The molecule has 1 aliphatic heterocycles. The van der Waals surface area contributed by atoms with Crippen LogP contribution in [0.15, 0.2) is 53.3 Å². The number of likely N-dealkylation sites (tertiary alicyclic amines) is 1. The number of benzene rings is 1. The lowest BCUT2D eigenvalue weighted by molar-refractivity contribution is -0.133. The zero-order chi connectivity index (χ0) is 16.2. The largest absolute Gasteiger partial charge is 0.326 e. The molecule has 6 heteroatoms. The fourth-order valence-electron chi connectivity index (χ4n) is 2.66. The standard InChI is InChI=1S/C17H16BrN3O2/c18-15-8-6-13(10-19-15)20-17(23)14-7-9-16(22)21(14)11-12-4-2-1-3-5-12/h1-6,8,10,14H,7,9,11H2,(H,20,23). The highest BCUT2D eigenvalue weighted by Crippen LogP contribution is 2.23. The molecule has 2 aromatic rings. The third kappa shape index (κ3) is 3.76. The second-order valence-electron chi connectivity index (χ2n) is 5.42. The molecule has 5 nitrogen and oxygen atoms in total. The number of carbonyl (C=O) groups excluding carboxylic acids is 2. The SMILES string of the molecule is O=C(Nc1ccc(Br)nc1)C1CCC(=O)N1Cc1ccccc1. The van der Waals surface area contributed by atoms with Crippen LogP contribution in [0.2, 0.25) is 0 Å². The lowest BCUT2D eigenvalue weighted by Gasteiger charge is -2.24. The van der Waals surface area contributed by atoms with Crippen LogP contribution in [-0.4, -0.2) is 27.7 Å². The van der Waals surface area contributed by atoms with Crippen molar-refractivity contribution in [3.05, 3.63) is 58.8 Å². The van der Waals surface area contributed by atoms with Crippen LogP contribution in [0.5, 0.6) is 0 Å². The van der Waals surface area contributed by atoms with Crippen molar-refractivity contribution in [3.8, 4) is 0 Å². The molecule has 2 amide bonds. The predicted molar refractivity (Wildman–Crippen MR) is 90.6 cm³/mol. The maximum atomic E-state index is 12.5. The Morgan fingerprint density at radius 1 is 1.26 bits per heavy atom.